The van der Waals surface area contributed by atoms with E-state index in [1.807, 2.05) is 0 Å². The van der Waals surface area contributed by atoms with Crippen LogP contribution in [-0.2, 0) is 26.2 Å². The molecule has 0 aromatic heterocycles. The summed E-state index contributed by atoms with van der Waals surface area (Å²) < 4.78 is 0. The topological polar surface area (TPSA) is 0 Å². The van der Waals surface area contributed by atoms with Gasteiger partial charge in [-0.05, 0) is 21.5 Å². The molecule has 0 N–H and O–H groups in total. The van der Waals surface area contributed by atoms with E-state index >= 15 is 0 Å². The summed E-state index contributed by atoms with van der Waals surface area (Å²) in [5.74, 6) is 0. The molecule has 0 amide bonds. The van der Waals surface area contributed by atoms with Gasteiger partial charge in [-0.15, -0.1) is 69.1 Å². The summed E-state index contributed by atoms with van der Waals surface area (Å²) >= 11 is 0. The van der Waals surface area contributed by atoms with E-state index in [0.717, 1.165) is 0 Å². The zero-order valence-electron chi connectivity index (χ0n) is 21.5. The number of hydrogen-bond donors (Lipinski definition) is 0. The second-order valence-electron chi connectivity index (χ2n) is 9.80. The second kappa shape index (κ2) is 11.0. The molecule has 0 bridgehead atoms. The predicted octanol–water partition coefficient (Wildman–Crippen LogP) is 10.8. The van der Waals surface area contributed by atoms with Gasteiger partial charge in [-0.3, -0.25) is 0 Å². The van der Waals surface area contributed by atoms with Crippen LogP contribution in [0.1, 0.15) is 0 Å². The largest absolute Gasteiger partial charge is 2.00 e. The molecule has 8 rings (SSSR count). The van der Waals surface area contributed by atoms with E-state index in [2.05, 4.69) is 158 Å². The van der Waals surface area contributed by atoms with Gasteiger partial charge >= 0.3 is 26.2 Å². The average Bonchev–Trinajstić information content (AvgIpc) is 3.61. The molecule has 182 valence electrons. The van der Waals surface area contributed by atoms with Gasteiger partial charge in [0, 0.05) is 0 Å². The van der Waals surface area contributed by atoms with Crippen molar-refractivity contribution in [2.75, 3.05) is 0 Å². The van der Waals surface area contributed by atoms with Crippen LogP contribution in [0.2, 0.25) is 0 Å². The number of benzene rings is 6. The summed E-state index contributed by atoms with van der Waals surface area (Å²) in [5, 5.41) is 10.5. The van der Waals surface area contributed by atoms with Gasteiger partial charge in [0.1, 0.15) is 0 Å². The van der Waals surface area contributed by atoms with Crippen LogP contribution in [-0.4, -0.2) is 0 Å². The molecule has 8 aromatic rings. The number of hydrogen-bond acceptors (Lipinski definition) is 0. The Morgan fingerprint density at radius 3 is 1.13 bits per heavy atom. The monoisotopic (exact) mass is 572 g/mol. The molecule has 0 atom stereocenters. The molecule has 0 aliphatic carbocycles. The summed E-state index contributed by atoms with van der Waals surface area (Å²) in [6, 6.07) is 56.3. The third-order valence-corrected chi connectivity index (χ3v) is 7.44. The van der Waals surface area contributed by atoms with Gasteiger partial charge in [0.25, 0.3) is 0 Å². The molecule has 0 spiro atoms. The minimum absolute atomic E-state index is 0. The maximum absolute atomic E-state index is 2.27. The van der Waals surface area contributed by atoms with Crippen molar-refractivity contribution in [3.05, 3.63) is 158 Å². The van der Waals surface area contributed by atoms with Crippen molar-refractivity contribution in [1.82, 2.24) is 0 Å². The Hall–Kier alpha value is -4.06. The molecule has 0 unspecified atom stereocenters. The molecule has 1 heteroatoms. The molecular weight excluding hydrogens is 548 g/mol. The fraction of sp³-hybridized carbons (Fsp3) is 0. The van der Waals surface area contributed by atoms with Crippen LogP contribution in [0.5, 0.6) is 0 Å². The summed E-state index contributed by atoms with van der Waals surface area (Å²) in [5.41, 5.74) is 5.24. The Bertz CT molecular complexity index is 1810. The first-order chi connectivity index (χ1) is 18.8. The Labute approximate surface area is 248 Å². The molecule has 0 saturated heterocycles. The Morgan fingerprint density at radius 2 is 0.692 bits per heavy atom. The van der Waals surface area contributed by atoms with Gasteiger partial charge in [0.15, 0.2) is 0 Å². The number of rotatable bonds is 2. The molecule has 0 fully saturated rings. The van der Waals surface area contributed by atoms with Crippen molar-refractivity contribution in [1.29, 1.82) is 0 Å². The fourth-order valence-electron chi connectivity index (χ4n) is 5.57. The summed E-state index contributed by atoms with van der Waals surface area (Å²) in [7, 11) is 0. The van der Waals surface area contributed by atoms with Crippen molar-refractivity contribution in [2.45, 2.75) is 0 Å². The van der Waals surface area contributed by atoms with Gasteiger partial charge in [-0.1, -0.05) is 132 Å². The summed E-state index contributed by atoms with van der Waals surface area (Å²) in [6.07, 6.45) is 0. The van der Waals surface area contributed by atoms with Gasteiger partial charge < -0.3 is 0 Å². The van der Waals surface area contributed by atoms with Crippen molar-refractivity contribution >= 4 is 43.1 Å². The first kappa shape index (κ1) is 25.2. The van der Waals surface area contributed by atoms with Crippen molar-refractivity contribution < 1.29 is 26.2 Å². The Morgan fingerprint density at radius 1 is 0.333 bits per heavy atom. The van der Waals surface area contributed by atoms with Crippen LogP contribution >= 0.6 is 0 Å². The molecule has 0 aliphatic heterocycles. The van der Waals surface area contributed by atoms with Crippen LogP contribution in [0.3, 0.4) is 0 Å². The second-order valence-corrected chi connectivity index (χ2v) is 9.80. The van der Waals surface area contributed by atoms with E-state index in [1.54, 1.807) is 0 Å². The van der Waals surface area contributed by atoms with Gasteiger partial charge in [-0.25, -0.2) is 0 Å². The van der Waals surface area contributed by atoms with Crippen LogP contribution < -0.4 is 0 Å². The predicted molar refractivity (Wildman–Crippen MR) is 165 cm³/mol. The minimum atomic E-state index is 0. The van der Waals surface area contributed by atoms with E-state index in [9.17, 15) is 0 Å². The van der Waals surface area contributed by atoms with Crippen molar-refractivity contribution in [3.63, 3.8) is 0 Å². The third kappa shape index (κ3) is 4.92. The van der Waals surface area contributed by atoms with Crippen LogP contribution in [0, 0.1) is 0 Å². The van der Waals surface area contributed by atoms with E-state index < -0.39 is 0 Å². The molecule has 0 heterocycles. The van der Waals surface area contributed by atoms with Crippen molar-refractivity contribution in [2.24, 2.45) is 0 Å². The maximum Gasteiger partial charge on any atom is 2.00 e. The number of fused-ring (bicyclic) bond motifs is 4. The summed E-state index contributed by atoms with van der Waals surface area (Å²) in [4.78, 5) is 0. The quantitative estimate of drug-likeness (QED) is 0.180. The van der Waals surface area contributed by atoms with Crippen LogP contribution in [0.25, 0.3) is 65.3 Å². The molecule has 39 heavy (non-hydrogen) atoms. The van der Waals surface area contributed by atoms with E-state index in [4.69, 9.17) is 0 Å². The zero-order chi connectivity index (χ0) is 25.3. The fourth-order valence-corrected chi connectivity index (χ4v) is 5.57. The standard InChI is InChI=1S/2C19H13.Zr/c2*1-2-8-16-13-17(12-15(16)7-1)19-11-5-9-14-6-3-4-10-18(14)19;/h2*1-13H;/q2*-1;+2. The molecular formula is C38H26Zr. The van der Waals surface area contributed by atoms with Gasteiger partial charge in [0.05, 0.1) is 0 Å². The molecule has 0 radical (unpaired) electrons. The SMILES string of the molecule is [Zr+2].c1ccc2[cH-]c(-c3cccc4ccccc34)cc2c1.c1ccc2[cH-]c(-c3cccc4ccccc34)cc2c1. The van der Waals surface area contributed by atoms with Gasteiger partial charge in [0.2, 0.25) is 0 Å². The van der Waals surface area contributed by atoms with E-state index in [0.29, 0.717) is 0 Å². The average molecular weight is 574 g/mol. The molecule has 0 saturated carbocycles. The van der Waals surface area contributed by atoms with E-state index in [1.165, 1.54) is 65.3 Å². The Kier molecular flexibility index (Phi) is 7.10. The Balaban J connectivity index is 0.000000138. The molecule has 0 nitrogen and oxygen atoms in total. The first-order valence-electron chi connectivity index (χ1n) is 13.1. The minimum Gasteiger partial charge on any atom is -0.145 e. The van der Waals surface area contributed by atoms with Crippen LogP contribution in [0.4, 0.5) is 0 Å². The van der Waals surface area contributed by atoms with Crippen molar-refractivity contribution in [3.8, 4) is 22.3 Å². The smallest absolute Gasteiger partial charge is 0.145 e. The first-order valence-corrected chi connectivity index (χ1v) is 13.1. The van der Waals surface area contributed by atoms with E-state index in [-0.39, 0.29) is 26.2 Å². The normalized spacial score (nSPS) is 10.9. The summed E-state index contributed by atoms with van der Waals surface area (Å²) in [6.45, 7) is 0. The maximum atomic E-state index is 2.27. The molecule has 0 aliphatic rings. The third-order valence-electron chi connectivity index (χ3n) is 7.44. The van der Waals surface area contributed by atoms with Crippen LogP contribution in [0.15, 0.2) is 158 Å². The zero-order valence-corrected chi connectivity index (χ0v) is 24.0. The molecule has 8 aromatic carbocycles. The van der Waals surface area contributed by atoms with Gasteiger partial charge in [-0.2, -0.15) is 0 Å².